The number of para-hydroxylation sites is 2. The second kappa shape index (κ2) is 10.1. The molecular formula is C23H26N2O3S. The van der Waals surface area contributed by atoms with Crippen LogP contribution >= 0.6 is 11.3 Å². The molecule has 1 amide bonds. The van der Waals surface area contributed by atoms with E-state index in [0.717, 1.165) is 35.5 Å². The standard InChI is InChI=1S/C23H26N2O3S/c1-4-10-18-11-9-14-20(22(18)27-5-2)28-15-21(26)25(19-12-7-6-8-13-19)23-24-17(3)16-29-23/h6-9,11-14,16H,4-5,10,15H2,1-3H3. The third-order valence-corrected chi connectivity index (χ3v) is 5.23. The molecule has 0 atom stereocenters. The first-order chi connectivity index (χ1) is 14.1. The van der Waals surface area contributed by atoms with Crippen LogP contribution in [0.25, 0.3) is 0 Å². The van der Waals surface area contributed by atoms with Gasteiger partial charge in [0, 0.05) is 5.38 Å². The highest BCUT2D eigenvalue weighted by Crippen LogP contribution is 2.33. The molecule has 0 aliphatic rings. The molecule has 3 rings (SSSR count). The van der Waals surface area contributed by atoms with Gasteiger partial charge in [-0.05, 0) is 44.0 Å². The highest BCUT2D eigenvalue weighted by molar-refractivity contribution is 7.14. The van der Waals surface area contributed by atoms with Gasteiger partial charge >= 0.3 is 0 Å². The van der Waals surface area contributed by atoms with Gasteiger partial charge in [0.15, 0.2) is 23.2 Å². The number of benzene rings is 2. The molecule has 1 heterocycles. The van der Waals surface area contributed by atoms with Gasteiger partial charge < -0.3 is 9.47 Å². The predicted octanol–water partition coefficient (Wildman–Crippen LogP) is 5.55. The quantitative estimate of drug-likeness (QED) is 0.464. The number of ether oxygens (including phenoxy) is 2. The summed E-state index contributed by atoms with van der Waals surface area (Å²) in [6, 6.07) is 15.3. The maximum Gasteiger partial charge on any atom is 0.271 e. The van der Waals surface area contributed by atoms with E-state index in [-0.39, 0.29) is 12.5 Å². The number of hydrogen-bond acceptors (Lipinski definition) is 5. The van der Waals surface area contributed by atoms with Gasteiger partial charge in [0.2, 0.25) is 0 Å². The second-order valence-corrected chi connectivity index (χ2v) is 7.39. The Bertz CT molecular complexity index is 940. The van der Waals surface area contributed by atoms with Crippen molar-refractivity contribution in [3.8, 4) is 11.5 Å². The van der Waals surface area contributed by atoms with Crippen LogP contribution in [-0.4, -0.2) is 24.1 Å². The first-order valence-corrected chi connectivity index (χ1v) is 10.7. The molecule has 0 bridgehead atoms. The van der Waals surface area contributed by atoms with Crippen LogP contribution in [0.4, 0.5) is 10.8 Å². The number of carbonyl (C=O) groups excluding carboxylic acids is 1. The van der Waals surface area contributed by atoms with E-state index >= 15 is 0 Å². The molecule has 0 N–H and O–H groups in total. The third-order valence-electron chi connectivity index (χ3n) is 4.28. The van der Waals surface area contributed by atoms with Gasteiger partial charge in [-0.1, -0.05) is 43.7 Å². The number of amides is 1. The van der Waals surface area contributed by atoms with Crippen LogP contribution in [-0.2, 0) is 11.2 Å². The van der Waals surface area contributed by atoms with Gasteiger partial charge in [-0.2, -0.15) is 0 Å². The van der Waals surface area contributed by atoms with E-state index in [9.17, 15) is 4.79 Å². The van der Waals surface area contributed by atoms with Crippen molar-refractivity contribution < 1.29 is 14.3 Å². The summed E-state index contributed by atoms with van der Waals surface area (Å²) in [4.78, 5) is 19.2. The smallest absolute Gasteiger partial charge is 0.271 e. The largest absolute Gasteiger partial charge is 0.490 e. The number of hydrogen-bond donors (Lipinski definition) is 0. The Kier molecular flexibility index (Phi) is 7.25. The van der Waals surface area contributed by atoms with Crippen molar-refractivity contribution in [2.24, 2.45) is 0 Å². The van der Waals surface area contributed by atoms with E-state index in [1.165, 1.54) is 11.3 Å². The molecule has 0 saturated carbocycles. The SMILES string of the molecule is CCCc1cccc(OCC(=O)N(c2ccccc2)c2nc(C)cs2)c1OCC. The summed E-state index contributed by atoms with van der Waals surface area (Å²) in [5, 5.41) is 2.56. The van der Waals surface area contributed by atoms with Crippen molar-refractivity contribution in [1.82, 2.24) is 4.98 Å². The van der Waals surface area contributed by atoms with E-state index in [0.29, 0.717) is 17.5 Å². The minimum Gasteiger partial charge on any atom is -0.490 e. The number of carbonyl (C=O) groups is 1. The Morgan fingerprint density at radius 3 is 2.52 bits per heavy atom. The molecule has 5 nitrogen and oxygen atoms in total. The van der Waals surface area contributed by atoms with E-state index in [1.54, 1.807) is 4.90 Å². The molecule has 0 aliphatic carbocycles. The van der Waals surface area contributed by atoms with Gasteiger partial charge in [0.25, 0.3) is 5.91 Å². The number of nitrogens with zero attached hydrogens (tertiary/aromatic N) is 2. The first kappa shape index (κ1) is 20.9. The molecule has 0 radical (unpaired) electrons. The Labute approximate surface area is 175 Å². The van der Waals surface area contributed by atoms with Crippen LogP contribution in [0.15, 0.2) is 53.9 Å². The van der Waals surface area contributed by atoms with Crippen LogP contribution in [0.1, 0.15) is 31.5 Å². The lowest BCUT2D eigenvalue weighted by Gasteiger charge is -2.21. The fourth-order valence-electron chi connectivity index (χ4n) is 3.04. The van der Waals surface area contributed by atoms with Gasteiger partial charge in [0.1, 0.15) is 0 Å². The lowest BCUT2D eigenvalue weighted by atomic mass is 10.1. The molecule has 2 aromatic carbocycles. The van der Waals surface area contributed by atoms with E-state index in [1.807, 2.05) is 67.8 Å². The van der Waals surface area contributed by atoms with Crippen molar-refractivity contribution in [2.45, 2.75) is 33.6 Å². The van der Waals surface area contributed by atoms with Crippen molar-refractivity contribution in [2.75, 3.05) is 18.1 Å². The number of anilines is 2. The second-order valence-electron chi connectivity index (χ2n) is 6.55. The van der Waals surface area contributed by atoms with Crippen molar-refractivity contribution in [1.29, 1.82) is 0 Å². The summed E-state index contributed by atoms with van der Waals surface area (Å²) >= 11 is 1.44. The monoisotopic (exact) mass is 410 g/mol. The number of aryl methyl sites for hydroxylation is 2. The molecule has 0 aliphatic heterocycles. The van der Waals surface area contributed by atoms with Crippen molar-refractivity contribution in [3.63, 3.8) is 0 Å². The lowest BCUT2D eigenvalue weighted by molar-refractivity contribution is -0.119. The van der Waals surface area contributed by atoms with Crippen LogP contribution in [0.3, 0.4) is 0 Å². The highest BCUT2D eigenvalue weighted by atomic mass is 32.1. The molecule has 0 unspecified atom stereocenters. The summed E-state index contributed by atoms with van der Waals surface area (Å²) in [6.45, 7) is 6.42. The topological polar surface area (TPSA) is 51.7 Å². The zero-order valence-corrected chi connectivity index (χ0v) is 17.9. The number of thiazole rings is 1. The van der Waals surface area contributed by atoms with Crippen LogP contribution in [0.5, 0.6) is 11.5 Å². The molecule has 1 aromatic heterocycles. The summed E-state index contributed by atoms with van der Waals surface area (Å²) in [5.41, 5.74) is 2.74. The average molecular weight is 411 g/mol. The number of rotatable bonds is 9. The van der Waals surface area contributed by atoms with Crippen molar-refractivity contribution >= 4 is 28.1 Å². The van der Waals surface area contributed by atoms with E-state index in [2.05, 4.69) is 11.9 Å². The maximum absolute atomic E-state index is 13.1. The lowest BCUT2D eigenvalue weighted by Crippen LogP contribution is -2.31. The Hall–Kier alpha value is -2.86. The summed E-state index contributed by atoms with van der Waals surface area (Å²) in [5.74, 6) is 1.13. The normalized spacial score (nSPS) is 10.6. The van der Waals surface area contributed by atoms with Crippen molar-refractivity contribution in [3.05, 3.63) is 65.2 Å². The molecule has 6 heteroatoms. The Morgan fingerprint density at radius 1 is 1.07 bits per heavy atom. The zero-order chi connectivity index (χ0) is 20.6. The molecule has 29 heavy (non-hydrogen) atoms. The van der Waals surface area contributed by atoms with Gasteiger partial charge in [-0.15, -0.1) is 11.3 Å². The molecular weight excluding hydrogens is 384 g/mol. The average Bonchev–Trinajstić information content (AvgIpc) is 3.15. The third kappa shape index (κ3) is 5.15. The molecule has 0 saturated heterocycles. The minimum absolute atomic E-state index is 0.108. The molecule has 0 spiro atoms. The molecule has 0 fully saturated rings. The summed E-state index contributed by atoms with van der Waals surface area (Å²) in [7, 11) is 0. The number of aromatic nitrogens is 1. The predicted molar refractivity (Wildman–Crippen MR) is 118 cm³/mol. The van der Waals surface area contributed by atoms with Gasteiger partial charge in [-0.25, -0.2) is 4.98 Å². The summed E-state index contributed by atoms with van der Waals surface area (Å²) in [6.07, 6.45) is 1.91. The molecule has 152 valence electrons. The molecule has 3 aromatic rings. The Morgan fingerprint density at radius 2 is 1.86 bits per heavy atom. The summed E-state index contributed by atoms with van der Waals surface area (Å²) < 4.78 is 11.8. The van der Waals surface area contributed by atoms with E-state index in [4.69, 9.17) is 9.47 Å². The zero-order valence-electron chi connectivity index (χ0n) is 17.1. The van der Waals surface area contributed by atoms with Gasteiger partial charge in [-0.3, -0.25) is 9.69 Å². The Balaban J connectivity index is 1.83. The maximum atomic E-state index is 13.1. The fourth-order valence-corrected chi connectivity index (χ4v) is 3.87. The van der Waals surface area contributed by atoms with Crippen LogP contribution in [0.2, 0.25) is 0 Å². The highest BCUT2D eigenvalue weighted by Gasteiger charge is 2.22. The first-order valence-electron chi connectivity index (χ1n) is 9.81. The minimum atomic E-state index is -0.186. The van der Waals surface area contributed by atoms with Crippen LogP contribution < -0.4 is 14.4 Å². The van der Waals surface area contributed by atoms with E-state index < -0.39 is 0 Å². The van der Waals surface area contributed by atoms with Gasteiger partial charge in [0.05, 0.1) is 18.0 Å². The van der Waals surface area contributed by atoms with Crippen LogP contribution in [0, 0.1) is 6.92 Å². The fraction of sp³-hybridized carbons (Fsp3) is 0.304.